The highest BCUT2D eigenvalue weighted by Gasteiger charge is 2.23. The quantitative estimate of drug-likeness (QED) is 0.471. The predicted octanol–water partition coefficient (Wildman–Crippen LogP) is 2.66. The second kappa shape index (κ2) is 9.60. The van der Waals surface area contributed by atoms with E-state index in [1.807, 2.05) is 4.90 Å². The van der Waals surface area contributed by atoms with Gasteiger partial charge in [0, 0.05) is 18.0 Å². The highest BCUT2D eigenvalue weighted by molar-refractivity contribution is 7.18. The zero-order chi connectivity index (χ0) is 20.1. The molecule has 2 heterocycles. The molecule has 1 aliphatic rings. The number of fused-ring (bicyclic) bond motifs is 3. The third-order valence-corrected chi connectivity index (χ3v) is 6.14. The summed E-state index contributed by atoms with van der Waals surface area (Å²) in [6, 6.07) is 0. The molecule has 0 spiro atoms. The summed E-state index contributed by atoms with van der Waals surface area (Å²) in [4.78, 5) is 24.6. The second-order valence-corrected chi connectivity index (χ2v) is 8.59. The summed E-state index contributed by atoms with van der Waals surface area (Å²) in [5.41, 5.74) is 1.14. The van der Waals surface area contributed by atoms with Gasteiger partial charge in [-0.1, -0.05) is 19.1 Å². The molecule has 1 aliphatic carbocycles. The molecule has 0 radical (unpaired) electrons. The fourth-order valence-electron chi connectivity index (χ4n) is 3.70. The van der Waals surface area contributed by atoms with Gasteiger partial charge in [-0.2, -0.15) is 0 Å². The zero-order valence-electron chi connectivity index (χ0n) is 16.4. The van der Waals surface area contributed by atoms with Gasteiger partial charge in [0.1, 0.15) is 10.7 Å². The molecular weight excluding hydrogens is 374 g/mol. The SMILES string of the molecule is C=CCOC[C@H](O)CN(CC=C)Cc1nc2sc3c(c2c(=O)[nH]1)CC[C@H](C)C3. The molecule has 0 amide bonds. The van der Waals surface area contributed by atoms with E-state index in [1.54, 1.807) is 23.5 Å². The van der Waals surface area contributed by atoms with E-state index in [0.717, 1.165) is 29.5 Å². The Morgan fingerprint density at radius 1 is 1.46 bits per heavy atom. The Balaban J connectivity index is 1.77. The van der Waals surface area contributed by atoms with Crippen molar-refractivity contribution in [2.24, 2.45) is 5.92 Å². The maximum absolute atomic E-state index is 12.7. The van der Waals surface area contributed by atoms with Gasteiger partial charge in [0.2, 0.25) is 0 Å². The van der Waals surface area contributed by atoms with Crippen LogP contribution in [0.5, 0.6) is 0 Å². The molecule has 0 aromatic carbocycles. The van der Waals surface area contributed by atoms with Gasteiger partial charge < -0.3 is 14.8 Å². The van der Waals surface area contributed by atoms with Crippen molar-refractivity contribution in [1.29, 1.82) is 0 Å². The standard InChI is InChI=1S/C21H29N3O3S/c1-4-8-24(11-15(25)13-27-9-5-2)12-18-22-20(26)19-16-7-6-14(3)10-17(16)28-21(19)23-18/h4-5,14-15,25H,1-2,6-13H2,3H3,(H,22,23,26)/t14-,15+/m0/s1. The first-order valence-corrected chi connectivity index (χ1v) is 10.6. The Labute approximate surface area is 169 Å². The Bertz CT molecular complexity index is 889. The van der Waals surface area contributed by atoms with E-state index >= 15 is 0 Å². The average Bonchev–Trinajstić information content (AvgIpc) is 2.99. The van der Waals surface area contributed by atoms with Gasteiger partial charge in [-0.25, -0.2) is 4.98 Å². The van der Waals surface area contributed by atoms with Crippen molar-refractivity contribution >= 4 is 21.6 Å². The number of nitrogens with zero attached hydrogens (tertiary/aromatic N) is 2. The second-order valence-electron chi connectivity index (χ2n) is 7.51. The molecule has 0 fully saturated rings. The monoisotopic (exact) mass is 403 g/mol. The van der Waals surface area contributed by atoms with E-state index < -0.39 is 6.10 Å². The number of aromatic amines is 1. The molecule has 0 saturated carbocycles. The van der Waals surface area contributed by atoms with Crippen LogP contribution in [-0.4, -0.2) is 52.4 Å². The number of aliphatic hydroxyl groups is 1. The van der Waals surface area contributed by atoms with Crippen LogP contribution in [0.25, 0.3) is 10.2 Å². The lowest BCUT2D eigenvalue weighted by molar-refractivity contribution is 0.0265. The summed E-state index contributed by atoms with van der Waals surface area (Å²) in [5, 5.41) is 11.0. The number of thiophene rings is 1. The predicted molar refractivity (Wildman–Crippen MR) is 114 cm³/mol. The molecule has 6 nitrogen and oxygen atoms in total. The minimum atomic E-state index is -0.633. The summed E-state index contributed by atoms with van der Waals surface area (Å²) in [7, 11) is 0. The highest BCUT2D eigenvalue weighted by Crippen LogP contribution is 2.35. The molecule has 0 bridgehead atoms. The van der Waals surface area contributed by atoms with Crippen LogP contribution in [0.2, 0.25) is 0 Å². The van der Waals surface area contributed by atoms with Gasteiger partial charge in [-0.15, -0.1) is 24.5 Å². The van der Waals surface area contributed by atoms with Crippen molar-refractivity contribution in [1.82, 2.24) is 14.9 Å². The van der Waals surface area contributed by atoms with E-state index in [1.165, 1.54) is 10.4 Å². The van der Waals surface area contributed by atoms with Crippen molar-refractivity contribution in [3.8, 4) is 0 Å². The Morgan fingerprint density at radius 2 is 2.29 bits per heavy atom. The molecule has 152 valence electrons. The van der Waals surface area contributed by atoms with Crippen LogP contribution in [0, 0.1) is 5.92 Å². The number of hydrogen-bond donors (Lipinski definition) is 2. The van der Waals surface area contributed by atoms with Crippen LogP contribution in [-0.2, 0) is 24.1 Å². The molecule has 0 unspecified atom stereocenters. The van der Waals surface area contributed by atoms with E-state index in [2.05, 4.69) is 25.1 Å². The van der Waals surface area contributed by atoms with Gasteiger partial charge in [0.05, 0.1) is 31.2 Å². The van der Waals surface area contributed by atoms with Gasteiger partial charge in [0.25, 0.3) is 5.56 Å². The molecule has 2 N–H and O–H groups in total. The molecule has 0 saturated heterocycles. The fraction of sp³-hybridized carbons (Fsp3) is 0.524. The molecule has 0 aliphatic heterocycles. The highest BCUT2D eigenvalue weighted by atomic mass is 32.1. The number of aromatic nitrogens is 2. The van der Waals surface area contributed by atoms with Crippen LogP contribution < -0.4 is 5.56 Å². The summed E-state index contributed by atoms with van der Waals surface area (Å²) in [6.45, 7) is 11.7. The van der Waals surface area contributed by atoms with Crippen molar-refractivity contribution in [3.63, 3.8) is 0 Å². The molecule has 7 heteroatoms. The third kappa shape index (κ3) is 4.97. The lowest BCUT2D eigenvalue weighted by Crippen LogP contribution is -2.35. The summed E-state index contributed by atoms with van der Waals surface area (Å²) in [6.07, 6.45) is 5.91. The minimum Gasteiger partial charge on any atom is -0.389 e. The van der Waals surface area contributed by atoms with E-state index in [-0.39, 0.29) is 12.2 Å². The lowest BCUT2D eigenvalue weighted by Gasteiger charge is -2.23. The number of aliphatic hydroxyl groups excluding tert-OH is 1. The molecule has 2 aromatic rings. The zero-order valence-corrected chi connectivity index (χ0v) is 17.3. The summed E-state index contributed by atoms with van der Waals surface area (Å²) >= 11 is 1.65. The Hall–Kier alpha value is -1.80. The van der Waals surface area contributed by atoms with Crippen molar-refractivity contribution < 1.29 is 9.84 Å². The number of ether oxygens (including phenoxy) is 1. The normalized spacial score (nSPS) is 17.6. The number of hydrogen-bond acceptors (Lipinski definition) is 6. The number of rotatable bonds is 10. The minimum absolute atomic E-state index is 0.0551. The van der Waals surface area contributed by atoms with Gasteiger partial charge in [0.15, 0.2) is 0 Å². The van der Waals surface area contributed by atoms with Crippen LogP contribution in [0.15, 0.2) is 30.1 Å². The van der Waals surface area contributed by atoms with Crippen LogP contribution in [0.3, 0.4) is 0 Å². The maximum Gasteiger partial charge on any atom is 0.259 e. The lowest BCUT2D eigenvalue weighted by atomic mass is 9.89. The topological polar surface area (TPSA) is 78.5 Å². The maximum atomic E-state index is 12.7. The first-order chi connectivity index (χ1) is 13.5. The fourth-order valence-corrected chi connectivity index (χ4v) is 5.11. The first kappa shape index (κ1) is 20.9. The Morgan fingerprint density at radius 3 is 3.04 bits per heavy atom. The largest absolute Gasteiger partial charge is 0.389 e. The number of aryl methyl sites for hydroxylation is 1. The summed E-state index contributed by atoms with van der Waals surface area (Å²) < 4.78 is 5.31. The van der Waals surface area contributed by atoms with Crippen LogP contribution in [0.4, 0.5) is 0 Å². The number of H-pyrrole nitrogens is 1. The Kier molecular flexibility index (Phi) is 7.18. The van der Waals surface area contributed by atoms with E-state index in [0.29, 0.717) is 38.0 Å². The molecular formula is C21H29N3O3S. The molecule has 2 atom stereocenters. The summed E-state index contributed by atoms with van der Waals surface area (Å²) in [5.74, 6) is 1.28. The van der Waals surface area contributed by atoms with Gasteiger partial charge in [-0.3, -0.25) is 9.69 Å². The third-order valence-electron chi connectivity index (χ3n) is 4.99. The van der Waals surface area contributed by atoms with Crippen molar-refractivity contribution in [2.75, 3.05) is 26.3 Å². The first-order valence-electron chi connectivity index (χ1n) is 9.75. The van der Waals surface area contributed by atoms with Gasteiger partial charge >= 0.3 is 0 Å². The average molecular weight is 404 g/mol. The number of nitrogens with one attached hydrogen (secondary N) is 1. The molecule has 3 rings (SSSR count). The van der Waals surface area contributed by atoms with Crippen molar-refractivity contribution in [3.05, 3.63) is 51.9 Å². The van der Waals surface area contributed by atoms with Crippen LogP contribution >= 0.6 is 11.3 Å². The van der Waals surface area contributed by atoms with Gasteiger partial charge in [-0.05, 0) is 30.7 Å². The van der Waals surface area contributed by atoms with Crippen LogP contribution in [0.1, 0.15) is 29.6 Å². The smallest absolute Gasteiger partial charge is 0.259 e. The van der Waals surface area contributed by atoms with Crippen molar-refractivity contribution in [2.45, 2.75) is 38.8 Å². The molecule has 28 heavy (non-hydrogen) atoms. The molecule has 2 aromatic heterocycles. The van der Waals surface area contributed by atoms with E-state index in [9.17, 15) is 9.90 Å². The van der Waals surface area contributed by atoms with E-state index in [4.69, 9.17) is 9.72 Å².